The molecular formula is C5H7N3S. The number of hydrogen-bond acceptors (Lipinski definition) is 4. The highest BCUT2D eigenvalue weighted by molar-refractivity contribution is 7.97. The van der Waals surface area contributed by atoms with E-state index >= 15 is 0 Å². The molecule has 0 aromatic carbocycles. The zero-order chi connectivity index (χ0) is 6.53. The first-order valence-corrected chi connectivity index (χ1v) is 3.61. The summed E-state index contributed by atoms with van der Waals surface area (Å²) in [6, 6.07) is 2.06. The highest BCUT2D eigenvalue weighted by Gasteiger charge is 1.98. The van der Waals surface area contributed by atoms with Crippen molar-refractivity contribution in [3.63, 3.8) is 0 Å². The maximum atomic E-state index is 8.25. The third-order valence-electron chi connectivity index (χ3n) is 0.966. The minimum Gasteiger partial charge on any atom is -0.315 e. The number of nitrogens with zero attached hydrogens (tertiary/aromatic N) is 1. The van der Waals surface area contributed by atoms with Gasteiger partial charge in [-0.1, -0.05) is 18.0 Å². The minimum atomic E-state index is 0.466. The normalized spacial score (nSPS) is 17.4. The molecule has 0 aromatic rings. The molecule has 0 aliphatic carbocycles. The second-order valence-corrected chi connectivity index (χ2v) is 2.43. The zero-order valence-electron chi connectivity index (χ0n) is 4.85. The number of nitriles is 1. The molecule has 1 aliphatic heterocycles. The summed E-state index contributed by atoms with van der Waals surface area (Å²) < 4.78 is 0. The number of hydrazine groups is 1. The van der Waals surface area contributed by atoms with E-state index in [1.165, 1.54) is 0 Å². The fourth-order valence-corrected chi connectivity index (χ4v) is 1.11. The third-order valence-corrected chi connectivity index (χ3v) is 1.55. The van der Waals surface area contributed by atoms with Crippen molar-refractivity contribution in [3.8, 4) is 6.07 Å². The Bertz CT molecular complexity index is 158. The Balaban J connectivity index is 2.39. The summed E-state index contributed by atoms with van der Waals surface area (Å²) in [4.78, 5) is 2.87. The molecule has 9 heavy (non-hydrogen) atoms. The molecule has 0 spiro atoms. The van der Waals surface area contributed by atoms with Crippen LogP contribution in [0.3, 0.4) is 0 Å². The lowest BCUT2D eigenvalue weighted by molar-refractivity contribution is 0.777. The van der Waals surface area contributed by atoms with Crippen LogP contribution in [0.25, 0.3) is 0 Å². The van der Waals surface area contributed by atoms with Gasteiger partial charge in [-0.2, -0.15) is 10.1 Å². The molecule has 0 radical (unpaired) electrons. The largest absolute Gasteiger partial charge is 0.315 e. The van der Waals surface area contributed by atoms with Crippen LogP contribution in [-0.4, -0.2) is 5.75 Å². The Hall–Kier alpha value is -0.660. The summed E-state index contributed by atoms with van der Waals surface area (Å²) in [5, 5.41) is 8.25. The lowest BCUT2D eigenvalue weighted by Gasteiger charge is -2.12. The van der Waals surface area contributed by atoms with Crippen molar-refractivity contribution in [1.29, 1.82) is 5.26 Å². The molecule has 2 N–H and O–H groups in total. The highest BCUT2D eigenvalue weighted by Crippen LogP contribution is 2.04. The number of allylic oxidation sites excluding steroid dienone is 1. The van der Waals surface area contributed by atoms with Crippen molar-refractivity contribution in [2.75, 3.05) is 5.75 Å². The molecule has 0 saturated heterocycles. The van der Waals surface area contributed by atoms with Gasteiger partial charge in [-0.15, -0.1) is 0 Å². The summed E-state index contributed by atoms with van der Waals surface area (Å²) in [5.74, 6) is 0.935. The topological polar surface area (TPSA) is 47.9 Å². The van der Waals surface area contributed by atoms with Gasteiger partial charge in [0.1, 0.15) is 0 Å². The second-order valence-electron chi connectivity index (χ2n) is 1.60. The fraction of sp³-hybridized carbons (Fsp3) is 0.400. The fourth-order valence-electron chi connectivity index (χ4n) is 0.538. The van der Waals surface area contributed by atoms with Crippen LogP contribution in [0.4, 0.5) is 0 Å². The minimum absolute atomic E-state index is 0.466. The SMILES string of the molecule is N#CCC1=CCSNN1. The summed E-state index contributed by atoms with van der Waals surface area (Å²) in [6.07, 6.45) is 2.47. The lowest BCUT2D eigenvalue weighted by Crippen LogP contribution is -2.28. The van der Waals surface area contributed by atoms with Gasteiger partial charge in [-0.3, -0.25) is 0 Å². The van der Waals surface area contributed by atoms with Crippen LogP contribution < -0.4 is 10.3 Å². The average Bonchev–Trinajstić information content (AvgIpc) is 1.91. The van der Waals surface area contributed by atoms with E-state index < -0.39 is 0 Å². The highest BCUT2D eigenvalue weighted by atomic mass is 32.2. The van der Waals surface area contributed by atoms with Gasteiger partial charge in [0.25, 0.3) is 0 Å². The Labute approximate surface area is 58.2 Å². The van der Waals surface area contributed by atoms with Crippen molar-refractivity contribution in [2.24, 2.45) is 0 Å². The van der Waals surface area contributed by atoms with Gasteiger partial charge < -0.3 is 5.43 Å². The van der Waals surface area contributed by atoms with Gasteiger partial charge in [0.05, 0.1) is 12.5 Å². The van der Waals surface area contributed by atoms with E-state index in [4.69, 9.17) is 5.26 Å². The first-order chi connectivity index (χ1) is 4.43. The Morgan fingerprint density at radius 1 is 1.89 bits per heavy atom. The smallest absolute Gasteiger partial charge is 0.0760 e. The molecule has 0 aromatic heterocycles. The van der Waals surface area contributed by atoms with Crippen LogP contribution in [0.15, 0.2) is 11.8 Å². The molecule has 3 nitrogen and oxygen atoms in total. The predicted molar refractivity (Wildman–Crippen MR) is 37.0 cm³/mol. The van der Waals surface area contributed by atoms with Crippen LogP contribution in [0.5, 0.6) is 0 Å². The Morgan fingerprint density at radius 2 is 2.78 bits per heavy atom. The van der Waals surface area contributed by atoms with E-state index in [0.717, 1.165) is 11.4 Å². The molecule has 1 aliphatic rings. The Morgan fingerprint density at radius 3 is 3.33 bits per heavy atom. The molecule has 0 amide bonds. The molecule has 1 heterocycles. The van der Waals surface area contributed by atoms with Gasteiger partial charge in [-0.05, 0) is 0 Å². The summed E-state index contributed by atoms with van der Waals surface area (Å²) in [5.41, 5.74) is 3.84. The van der Waals surface area contributed by atoms with E-state index in [2.05, 4.69) is 16.3 Å². The molecule has 0 saturated carbocycles. The molecular weight excluding hydrogens is 134 g/mol. The molecule has 0 atom stereocenters. The van der Waals surface area contributed by atoms with Crippen LogP contribution in [0.1, 0.15) is 6.42 Å². The van der Waals surface area contributed by atoms with E-state index in [1.54, 1.807) is 11.9 Å². The maximum Gasteiger partial charge on any atom is 0.0760 e. The monoisotopic (exact) mass is 141 g/mol. The van der Waals surface area contributed by atoms with Gasteiger partial charge in [0.15, 0.2) is 0 Å². The van der Waals surface area contributed by atoms with Crippen molar-refractivity contribution >= 4 is 11.9 Å². The third kappa shape index (κ3) is 1.96. The summed E-state index contributed by atoms with van der Waals surface area (Å²) in [7, 11) is 0. The standard InChI is InChI=1S/C5H7N3S/c6-3-1-5-2-4-9-8-7-5/h2,7-8H,1,4H2. The predicted octanol–water partition coefficient (Wildman–Crippen LogP) is 0.540. The van der Waals surface area contributed by atoms with Crippen molar-refractivity contribution in [2.45, 2.75) is 6.42 Å². The summed E-state index contributed by atoms with van der Waals surface area (Å²) >= 11 is 1.58. The van der Waals surface area contributed by atoms with Crippen molar-refractivity contribution in [1.82, 2.24) is 10.3 Å². The van der Waals surface area contributed by atoms with Crippen LogP contribution in [-0.2, 0) is 0 Å². The molecule has 1 rings (SSSR count). The van der Waals surface area contributed by atoms with Crippen LogP contribution >= 0.6 is 11.9 Å². The van der Waals surface area contributed by atoms with Gasteiger partial charge >= 0.3 is 0 Å². The molecule has 48 valence electrons. The first-order valence-electron chi connectivity index (χ1n) is 2.62. The zero-order valence-corrected chi connectivity index (χ0v) is 5.66. The van der Waals surface area contributed by atoms with Crippen LogP contribution in [0, 0.1) is 11.3 Å². The summed E-state index contributed by atoms with van der Waals surface area (Å²) in [6.45, 7) is 0. The first kappa shape index (κ1) is 6.46. The van der Waals surface area contributed by atoms with E-state index in [9.17, 15) is 0 Å². The van der Waals surface area contributed by atoms with Crippen molar-refractivity contribution < 1.29 is 0 Å². The Kier molecular flexibility index (Phi) is 2.43. The second kappa shape index (κ2) is 3.38. The van der Waals surface area contributed by atoms with E-state index in [-0.39, 0.29) is 0 Å². The molecule has 4 heteroatoms. The van der Waals surface area contributed by atoms with Crippen LogP contribution in [0.2, 0.25) is 0 Å². The van der Waals surface area contributed by atoms with E-state index in [1.807, 2.05) is 6.08 Å². The lowest BCUT2D eigenvalue weighted by atomic mass is 10.3. The molecule has 0 fully saturated rings. The van der Waals surface area contributed by atoms with Gasteiger partial charge in [-0.25, -0.2) is 0 Å². The maximum absolute atomic E-state index is 8.25. The van der Waals surface area contributed by atoms with Gasteiger partial charge in [0.2, 0.25) is 0 Å². The molecule has 0 unspecified atom stereocenters. The number of nitrogens with one attached hydrogen (secondary N) is 2. The number of hydrogen-bond donors (Lipinski definition) is 2. The van der Waals surface area contributed by atoms with Gasteiger partial charge in [0, 0.05) is 11.4 Å². The quantitative estimate of drug-likeness (QED) is 0.523. The number of rotatable bonds is 1. The molecule has 0 bridgehead atoms. The average molecular weight is 141 g/mol. The van der Waals surface area contributed by atoms with E-state index in [0.29, 0.717) is 6.42 Å². The van der Waals surface area contributed by atoms with Crippen molar-refractivity contribution in [3.05, 3.63) is 11.8 Å².